The van der Waals surface area contributed by atoms with Crippen LogP contribution in [0.5, 0.6) is 5.75 Å². The van der Waals surface area contributed by atoms with Crippen molar-refractivity contribution in [3.8, 4) is 5.75 Å². The molecule has 0 aliphatic rings. The SMILES string of the molecule is Cc1n[nH]c(C)c1N=Cc1cc([N+](=O)[O-])ccc1O. The van der Waals surface area contributed by atoms with Crippen molar-refractivity contribution >= 4 is 17.6 Å². The van der Waals surface area contributed by atoms with Gasteiger partial charge in [0.1, 0.15) is 11.4 Å². The number of aromatic amines is 1. The highest BCUT2D eigenvalue weighted by atomic mass is 16.6. The van der Waals surface area contributed by atoms with Crippen molar-refractivity contribution in [1.29, 1.82) is 0 Å². The molecule has 0 radical (unpaired) electrons. The third-order valence-corrected chi connectivity index (χ3v) is 2.64. The topological polar surface area (TPSA) is 104 Å². The molecule has 0 aliphatic heterocycles. The summed E-state index contributed by atoms with van der Waals surface area (Å²) in [5.74, 6) is -0.0619. The fraction of sp³-hybridized carbons (Fsp3) is 0.167. The molecule has 7 heteroatoms. The summed E-state index contributed by atoms with van der Waals surface area (Å²) in [5, 5.41) is 27.1. The highest BCUT2D eigenvalue weighted by Crippen LogP contribution is 2.24. The monoisotopic (exact) mass is 260 g/mol. The van der Waals surface area contributed by atoms with Gasteiger partial charge in [-0.3, -0.25) is 20.2 Å². The number of phenols is 1. The summed E-state index contributed by atoms with van der Waals surface area (Å²) in [7, 11) is 0. The summed E-state index contributed by atoms with van der Waals surface area (Å²) in [4.78, 5) is 14.3. The van der Waals surface area contributed by atoms with Crippen LogP contribution in [0.15, 0.2) is 23.2 Å². The molecule has 0 aliphatic carbocycles. The Balaban J connectivity index is 2.38. The number of nitro benzene ring substituents is 1. The Hall–Kier alpha value is -2.70. The molecule has 19 heavy (non-hydrogen) atoms. The zero-order valence-corrected chi connectivity index (χ0v) is 10.4. The second-order valence-electron chi connectivity index (χ2n) is 4.04. The van der Waals surface area contributed by atoms with E-state index in [0.29, 0.717) is 5.69 Å². The lowest BCUT2D eigenvalue weighted by Gasteiger charge is -1.98. The van der Waals surface area contributed by atoms with Crippen molar-refractivity contribution in [1.82, 2.24) is 10.2 Å². The van der Waals surface area contributed by atoms with Gasteiger partial charge in [0.25, 0.3) is 5.69 Å². The number of aromatic hydroxyl groups is 1. The van der Waals surface area contributed by atoms with Crippen LogP contribution < -0.4 is 0 Å². The van der Waals surface area contributed by atoms with Crippen molar-refractivity contribution in [2.24, 2.45) is 4.99 Å². The highest BCUT2D eigenvalue weighted by Gasteiger charge is 2.09. The molecule has 1 aromatic heterocycles. The van der Waals surface area contributed by atoms with E-state index in [-0.39, 0.29) is 17.0 Å². The van der Waals surface area contributed by atoms with Gasteiger partial charge < -0.3 is 5.11 Å². The molecule has 0 saturated heterocycles. The van der Waals surface area contributed by atoms with Crippen LogP contribution >= 0.6 is 0 Å². The lowest BCUT2D eigenvalue weighted by atomic mass is 10.2. The normalized spacial score (nSPS) is 11.1. The second kappa shape index (κ2) is 4.89. The number of rotatable bonds is 3. The average Bonchev–Trinajstić information content (AvgIpc) is 2.68. The van der Waals surface area contributed by atoms with E-state index in [0.717, 1.165) is 11.4 Å². The molecule has 0 unspecified atom stereocenters. The van der Waals surface area contributed by atoms with E-state index in [4.69, 9.17) is 0 Å². The Morgan fingerprint density at radius 2 is 2.21 bits per heavy atom. The van der Waals surface area contributed by atoms with Gasteiger partial charge in [-0.1, -0.05) is 0 Å². The Bertz CT molecular complexity index is 641. The number of nitrogens with zero attached hydrogens (tertiary/aromatic N) is 3. The number of hydrogen-bond acceptors (Lipinski definition) is 5. The first-order valence-electron chi connectivity index (χ1n) is 5.52. The van der Waals surface area contributed by atoms with E-state index in [1.807, 2.05) is 6.92 Å². The smallest absolute Gasteiger partial charge is 0.270 e. The molecular formula is C12H12N4O3. The van der Waals surface area contributed by atoms with Crippen LogP contribution in [0.3, 0.4) is 0 Å². The number of aromatic nitrogens is 2. The maximum atomic E-state index is 10.7. The van der Waals surface area contributed by atoms with Gasteiger partial charge in [-0.25, -0.2) is 0 Å². The molecule has 0 fully saturated rings. The van der Waals surface area contributed by atoms with Crippen LogP contribution in [0.1, 0.15) is 17.0 Å². The minimum atomic E-state index is -0.523. The fourth-order valence-electron chi connectivity index (χ4n) is 1.63. The fourth-order valence-corrected chi connectivity index (χ4v) is 1.63. The number of hydrogen-bond donors (Lipinski definition) is 2. The summed E-state index contributed by atoms with van der Waals surface area (Å²) in [5.41, 5.74) is 2.36. The molecule has 2 N–H and O–H groups in total. The number of non-ortho nitro benzene ring substituents is 1. The molecule has 1 aromatic carbocycles. The van der Waals surface area contributed by atoms with Gasteiger partial charge >= 0.3 is 0 Å². The van der Waals surface area contributed by atoms with Crippen LogP contribution in [0, 0.1) is 24.0 Å². The predicted molar refractivity (Wildman–Crippen MR) is 70.1 cm³/mol. The molecule has 0 saturated carbocycles. The minimum Gasteiger partial charge on any atom is -0.507 e. The third-order valence-electron chi connectivity index (χ3n) is 2.64. The predicted octanol–water partition coefficient (Wildman–Crippen LogP) is 2.39. The molecule has 2 rings (SSSR count). The third kappa shape index (κ3) is 2.59. The average molecular weight is 260 g/mol. The van der Waals surface area contributed by atoms with Crippen LogP contribution in [-0.2, 0) is 0 Å². The number of phenolic OH excluding ortho intramolecular Hbond substituents is 1. The molecule has 0 spiro atoms. The maximum Gasteiger partial charge on any atom is 0.270 e. The van der Waals surface area contributed by atoms with E-state index in [1.165, 1.54) is 24.4 Å². The molecule has 0 atom stereocenters. The maximum absolute atomic E-state index is 10.7. The zero-order valence-electron chi connectivity index (χ0n) is 10.4. The van der Waals surface area contributed by atoms with E-state index in [2.05, 4.69) is 15.2 Å². The van der Waals surface area contributed by atoms with Crippen molar-refractivity contribution in [2.75, 3.05) is 0 Å². The van der Waals surface area contributed by atoms with Crippen LogP contribution in [-0.4, -0.2) is 26.4 Å². The number of nitro groups is 1. The Kier molecular flexibility index (Phi) is 3.28. The first-order chi connectivity index (χ1) is 8.99. The van der Waals surface area contributed by atoms with Crippen LogP contribution in [0.25, 0.3) is 0 Å². The van der Waals surface area contributed by atoms with E-state index in [1.54, 1.807) is 6.92 Å². The lowest BCUT2D eigenvalue weighted by molar-refractivity contribution is -0.384. The van der Waals surface area contributed by atoms with Crippen LogP contribution in [0.4, 0.5) is 11.4 Å². The van der Waals surface area contributed by atoms with Crippen molar-refractivity contribution in [3.05, 3.63) is 45.3 Å². The summed E-state index contributed by atoms with van der Waals surface area (Å²) in [6.07, 6.45) is 1.38. The van der Waals surface area contributed by atoms with Crippen molar-refractivity contribution in [3.63, 3.8) is 0 Å². The van der Waals surface area contributed by atoms with Gasteiger partial charge in [0.05, 0.1) is 16.3 Å². The van der Waals surface area contributed by atoms with Gasteiger partial charge in [0.15, 0.2) is 0 Å². The summed E-state index contributed by atoms with van der Waals surface area (Å²) < 4.78 is 0. The first-order valence-corrected chi connectivity index (χ1v) is 5.52. The number of nitrogens with one attached hydrogen (secondary N) is 1. The largest absolute Gasteiger partial charge is 0.507 e. The Morgan fingerprint density at radius 3 is 2.79 bits per heavy atom. The van der Waals surface area contributed by atoms with Gasteiger partial charge in [-0.05, 0) is 19.9 Å². The van der Waals surface area contributed by atoms with Gasteiger partial charge in [-0.2, -0.15) is 5.10 Å². The minimum absolute atomic E-state index is 0.0619. The number of benzene rings is 1. The highest BCUT2D eigenvalue weighted by molar-refractivity contribution is 5.86. The van der Waals surface area contributed by atoms with Gasteiger partial charge in [0.2, 0.25) is 0 Å². The van der Waals surface area contributed by atoms with Gasteiger partial charge in [-0.15, -0.1) is 0 Å². The summed E-state index contributed by atoms with van der Waals surface area (Å²) in [6.45, 7) is 3.61. The number of aryl methyl sites for hydroxylation is 2. The second-order valence-corrected chi connectivity index (χ2v) is 4.04. The molecule has 2 aromatic rings. The lowest BCUT2D eigenvalue weighted by Crippen LogP contribution is -1.90. The van der Waals surface area contributed by atoms with Crippen LogP contribution in [0.2, 0.25) is 0 Å². The number of H-pyrrole nitrogens is 1. The summed E-state index contributed by atoms with van der Waals surface area (Å²) >= 11 is 0. The summed E-state index contributed by atoms with van der Waals surface area (Å²) in [6, 6.07) is 3.78. The zero-order chi connectivity index (χ0) is 14.0. The van der Waals surface area contributed by atoms with E-state index in [9.17, 15) is 15.2 Å². The molecular weight excluding hydrogens is 248 g/mol. The molecule has 1 heterocycles. The van der Waals surface area contributed by atoms with E-state index < -0.39 is 4.92 Å². The first kappa shape index (κ1) is 12.7. The molecule has 0 bridgehead atoms. The molecule has 0 amide bonds. The van der Waals surface area contributed by atoms with Gasteiger partial charge in [0, 0.05) is 23.9 Å². The quantitative estimate of drug-likeness (QED) is 0.502. The Labute approximate surface area is 108 Å². The van der Waals surface area contributed by atoms with Crippen molar-refractivity contribution < 1.29 is 10.0 Å². The standard InChI is InChI=1S/C12H12N4O3/c1-7-12(8(2)15-14-7)13-6-9-5-10(16(18)19)3-4-11(9)17/h3-6,17H,1-2H3,(H,14,15). The van der Waals surface area contributed by atoms with E-state index >= 15 is 0 Å². The Morgan fingerprint density at radius 1 is 1.47 bits per heavy atom. The number of aliphatic imine (C=N–C) groups is 1. The van der Waals surface area contributed by atoms with Crippen molar-refractivity contribution in [2.45, 2.75) is 13.8 Å². The molecule has 98 valence electrons. The molecule has 7 nitrogen and oxygen atoms in total.